The van der Waals surface area contributed by atoms with E-state index in [1.807, 2.05) is 13.0 Å². The summed E-state index contributed by atoms with van der Waals surface area (Å²) < 4.78 is 0. The van der Waals surface area contributed by atoms with Gasteiger partial charge in [0.1, 0.15) is 11.1 Å². The summed E-state index contributed by atoms with van der Waals surface area (Å²) in [4.78, 5) is 28.8. The Hall–Kier alpha value is -2.56. The van der Waals surface area contributed by atoms with Crippen molar-refractivity contribution in [3.63, 3.8) is 0 Å². The van der Waals surface area contributed by atoms with Gasteiger partial charge in [-0.05, 0) is 61.4 Å². The second kappa shape index (κ2) is 9.50. The Morgan fingerprint density at radius 3 is 2.87 bits per heavy atom. The van der Waals surface area contributed by atoms with Crippen LogP contribution in [0.1, 0.15) is 53.9 Å². The number of carbonyl (C=O) groups is 2. The first-order valence-corrected chi connectivity index (χ1v) is 11.0. The number of anilines is 1. The quantitative estimate of drug-likeness (QED) is 0.613. The largest absolute Gasteiger partial charge is 0.478 e. The molecule has 2 atom stereocenters. The molecule has 1 aliphatic rings. The van der Waals surface area contributed by atoms with Crippen molar-refractivity contribution in [3.05, 3.63) is 51.7 Å². The average molecular weight is 444 g/mol. The van der Waals surface area contributed by atoms with E-state index in [1.54, 1.807) is 0 Å². The van der Waals surface area contributed by atoms with Gasteiger partial charge in [0, 0.05) is 5.69 Å². The number of fused-ring (bicyclic) bond motifs is 1. The number of benzene rings is 1. The van der Waals surface area contributed by atoms with Crippen molar-refractivity contribution in [2.75, 3.05) is 5.32 Å². The summed E-state index contributed by atoms with van der Waals surface area (Å²) in [6, 6.07) is 8.26. The SMILES string of the molecule is CCC(Sc1nc2c(cc1C#N)CC(C)CC2)C(=O)Nc1cc(C(=O)O)ccc1Cl. The van der Waals surface area contributed by atoms with E-state index in [1.165, 1.54) is 30.0 Å². The van der Waals surface area contributed by atoms with Gasteiger partial charge in [0.2, 0.25) is 5.91 Å². The molecule has 0 saturated heterocycles. The lowest BCUT2D eigenvalue weighted by Gasteiger charge is -2.22. The van der Waals surface area contributed by atoms with Crippen LogP contribution < -0.4 is 5.32 Å². The predicted molar refractivity (Wildman–Crippen MR) is 117 cm³/mol. The zero-order valence-corrected chi connectivity index (χ0v) is 18.3. The summed E-state index contributed by atoms with van der Waals surface area (Å²) in [7, 11) is 0. The van der Waals surface area contributed by atoms with E-state index in [9.17, 15) is 14.9 Å². The number of aryl methyl sites for hydroxylation is 1. The van der Waals surface area contributed by atoms with Gasteiger partial charge in [0.05, 0.1) is 27.1 Å². The van der Waals surface area contributed by atoms with E-state index >= 15 is 0 Å². The number of halogens is 1. The van der Waals surface area contributed by atoms with Crippen LogP contribution in [-0.2, 0) is 17.6 Å². The highest BCUT2D eigenvalue weighted by atomic mass is 35.5. The van der Waals surface area contributed by atoms with Gasteiger partial charge >= 0.3 is 5.97 Å². The van der Waals surface area contributed by atoms with Gasteiger partial charge in [-0.3, -0.25) is 4.79 Å². The second-order valence-corrected chi connectivity index (χ2v) is 9.01. The van der Waals surface area contributed by atoms with Crippen molar-refractivity contribution in [2.24, 2.45) is 5.92 Å². The number of pyridine rings is 1. The summed E-state index contributed by atoms with van der Waals surface area (Å²) in [5, 5.41) is 21.8. The number of aromatic carboxylic acids is 1. The number of carboxylic acid groups (broad SMARTS) is 1. The van der Waals surface area contributed by atoms with Gasteiger partial charge in [-0.2, -0.15) is 5.26 Å². The van der Waals surface area contributed by atoms with Crippen LogP contribution in [0, 0.1) is 17.2 Å². The molecule has 0 radical (unpaired) electrons. The van der Waals surface area contributed by atoms with Crippen LogP contribution >= 0.6 is 23.4 Å². The van der Waals surface area contributed by atoms with E-state index < -0.39 is 11.2 Å². The second-order valence-electron chi connectivity index (χ2n) is 7.41. The van der Waals surface area contributed by atoms with E-state index in [2.05, 4.69) is 18.3 Å². The molecule has 0 fully saturated rings. The number of nitriles is 1. The standard InChI is InChI=1S/C22H22ClN3O3S/c1-3-19(20(27)25-18-10-13(22(28)29)5-6-16(18)23)30-21-15(11-24)9-14-8-12(2)4-7-17(14)26-21/h5-6,9-10,12,19H,3-4,7-8H2,1-2H3,(H,25,27)(H,28,29). The van der Waals surface area contributed by atoms with E-state index in [4.69, 9.17) is 21.7 Å². The molecule has 8 heteroatoms. The maximum absolute atomic E-state index is 12.9. The molecule has 2 aromatic rings. The third-order valence-corrected chi connectivity index (χ3v) is 6.80. The first-order chi connectivity index (χ1) is 14.3. The van der Waals surface area contributed by atoms with Crippen LogP contribution in [0.3, 0.4) is 0 Å². The Morgan fingerprint density at radius 1 is 1.43 bits per heavy atom. The molecule has 0 aliphatic heterocycles. The van der Waals surface area contributed by atoms with Crippen LogP contribution in [-0.4, -0.2) is 27.2 Å². The average Bonchev–Trinajstić information content (AvgIpc) is 2.72. The fraction of sp³-hybridized carbons (Fsp3) is 0.364. The van der Waals surface area contributed by atoms with Gasteiger partial charge in [0.25, 0.3) is 0 Å². The van der Waals surface area contributed by atoms with Crippen LogP contribution in [0.2, 0.25) is 5.02 Å². The molecule has 156 valence electrons. The van der Waals surface area contributed by atoms with Crippen LogP contribution in [0.4, 0.5) is 5.69 Å². The van der Waals surface area contributed by atoms with Gasteiger partial charge in [0.15, 0.2) is 0 Å². The van der Waals surface area contributed by atoms with E-state index in [0.29, 0.717) is 22.9 Å². The highest BCUT2D eigenvalue weighted by Crippen LogP contribution is 2.33. The zero-order valence-electron chi connectivity index (χ0n) is 16.7. The van der Waals surface area contributed by atoms with Crippen LogP contribution in [0.15, 0.2) is 29.3 Å². The normalized spacial score (nSPS) is 16.3. The lowest BCUT2D eigenvalue weighted by atomic mass is 9.87. The Bertz CT molecular complexity index is 1040. The molecule has 2 N–H and O–H groups in total. The topological polar surface area (TPSA) is 103 Å². The molecule has 0 bridgehead atoms. The minimum atomic E-state index is -1.10. The Labute approximate surface area is 184 Å². The molecule has 6 nitrogen and oxygen atoms in total. The lowest BCUT2D eigenvalue weighted by molar-refractivity contribution is -0.115. The van der Waals surface area contributed by atoms with Crippen molar-refractivity contribution in [1.82, 2.24) is 4.98 Å². The van der Waals surface area contributed by atoms with E-state index in [-0.39, 0.29) is 22.2 Å². The highest BCUT2D eigenvalue weighted by molar-refractivity contribution is 8.00. The Balaban J connectivity index is 1.82. The number of carbonyl (C=O) groups excluding carboxylic acids is 1. The third-order valence-electron chi connectivity index (χ3n) is 5.11. The Kier molecular flexibility index (Phi) is 7.01. The molecular weight excluding hydrogens is 422 g/mol. The number of nitrogens with zero attached hydrogens (tertiary/aromatic N) is 2. The summed E-state index contributed by atoms with van der Waals surface area (Å²) in [6.07, 6.45) is 3.36. The fourth-order valence-corrected chi connectivity index (χ4v) is 4.58. The fourth-order valence-electron chi connectivity index (χ4n) is 3.42. The number of nitrogens with one attached hydrogen (secondary N) is 1. The molecule has 3 rings (SSSR count). The monoisotopic (exact) mass is 443 g/mol. The zero-order chi connectivity index (χ0) is 21.8. The van der Waals surface area contributed by atoms with Gasteiger partial charge in [-0.15, -0.1) is 0 Å². The first kappa shape index (κ1) is 22.1. The highest BCUT2D eigenvalue weighted by Gasteiger charge is 2.24. The summed E-state index contributed by atoms with van der Waals surface area (Å²) in [5.41, 5.74) is 2.87. The molecule has 1 amide bonds. The molecule has 2 unspecified atom stereocenters. The molecule has 0 spiro atoms. The maximum atomic E-state index is 12.9. The summed E-state index contributed by atoms with van der Waals surface area (Å²) >= 11 is 7.37. The van der Waals surface area contributed by atoms with Gasteiger partial charge in [-0.25, -0.2) is 9.78 Å². The summed E-state index contributed by atoms with van der Waals surface area (Å²) in [5.74, 6) is -0.844. The molecular formula is C22H22ClN3O3S. The number of aromatic nitrogens is 1. The van der Waals surface area contributed by atoms with Crippen molar-refractivity contribution in [2.45, 2.75) is 49.8 Å². The number of rotatable bonds is 6. The van der Waals surface area contributed by atoms with Crippen LogP contribution in [0.5, 0.6) is 0 Å². The molecule has 1 aromatic carbocycles. The number of thioether (sulfide) groups is 1. The van der Waals surface area contributed by atoms with E-state index in [0.717, 1.165) is 30.5 Å². The number of hydrogen-bond acceptors (Lipinski definition) is 5. The Morgan fingerprint density at radius 2 is 2.20 bits per heavy atom. The molecule has 1 aliphatic carbocycles. The minimum Gasteiger partial charge on any atom is -0.478 e. The molecule has 30 heavy (non-hydrogen) atoms. The minimum absolute atomic E-state index is 0.0350. The molecule has 0 saturated carbocycles. The summed E-state index contributed by atoms with van der Waals surface area (Å²) in [6.45, 7) is 4.07. The van der Waals surface area contributed by atoms with Crippen molar-refractivity contribution in [1.29, 1.82) is 5.26 Å². The predicted octanol–water partition coefficient (Wildman–Crippen LogP) is 4.94. The van der Waals surface area contributed by atoms with Crippen molar-refractivity contribution in [3.8, 4) is 6.07 Å². The van der Waals surface area contributed by atoms with Crippen molar-refractivity contribution < 1.29 is 14.7 Å². The first-order valence-electron chi connectivity index (χ1n) is 9.75. The smallest absolute Gasteiger partial charge is 0.335 e. The third kappa shape index (κ3) is 4.94. The van der Waals surface area contributed by atoms with Crippen molar-refractivity contribution >= 4 is 40.9 Å². The van der Waals surface area contributed by atoms with Crippen LogP contribution in [0.25, 0.3) is 0 Å². The van der Waals surface area contributed by atoms with Gasteiger partial charge in [-0.1, -0.05) is 37.2 Å². The van der Waals surface area contributed by atoms with Gasteiger partial charge < -0.3 is 10.4 Å². The number of hydrogen-bond donors (Lipinski definition) is 2. The number of carboxylic acids is 1. The number of amides is 1. The molecule has 1 heterocycles. The lowest BCUT2D eigenvalue weighted by Crippen LogP contribution is -2.25. The molecule has 1 aromatic heterocycles. The maximum Gasteiger partial charge on any atom is 0.335 e.